The van der Waals surface area contributed by atoms with E-state index in [1.165, 1.54) is 19.3 Å². The zero-order valence-electron chi connectivity index (χ0n) is 12.1. The minimum Gasteiger partial charge on any atom is -0.478 e. The second kappa shape index (κ2) is 7.43. The van der Waals surface area contributed by atoms with E-state index in [0.29, 0.717) is 6.42 Å². The molecule has 2 N–H and O–H groups in total. The van der Waals surface area contributed by atoms with E-state index >= 15 is 0 Å². The van der Waals surface area contributed by atoms with Gasteiger partial charge in [0.1, 0.15) is 5.60 Å². The van der Waals surface area contributed by atoms with Crippen LogP contribution in [-0.2, 0) is 14.3 Å². The molecular weight excluding hydrogens is 260 g/mol. The van der Waals surface area contributed by atoms with Gasteiger partial charge in [0, 0.05) is 0 Å². The molecule has 0 bridgehead atoms. The molecule has 0 aromatic rings. The van der Waals surface area contributed by atoms with Gasteiger partial charge in [-0.1, -0.05) is 58.4 Å². The molecule has 0 aromatic heterocycles. The largest absolute Gasteiger partial charge is 0.478 e. The van der Waals surface area contributed by atoms with Crippen LogP contribution in [0.25, 0.3) is 0 Å². The molecule has 0 spiro atoms. The number of unbranched alkanes of at least 4 members (excludes halogenated alkanes) is 6. The highest BCUT2D eigenvalue weighted by molar-refractivity contribution is 5.97. The lowest BCUT2D eigenvalue weighted by molar-refractivity contribution is -0.164. The molecule has 5 heteroatoms. The zero-order valence-corrected chi connectivity index (χ0v) is 12.1. The van der Waals surface area contributed by atoms with Crippen LogP contribution in [0.1, 0.15) is 58.3 Å². The summed E-state index contributed by atoms with van der Waals surface area (Å²) in [4.78, 5) is 22.4. The van der Waals surface area contributed by atoms with E-state index in [1.807, 2.05) is 0 Å². The van der Waals surface area contributed by atoms with Crippen LogP contribution in [0, 0.1) is 0 Å². The fourth-order valence-electron chi connectivity index (χ4n) is 2.50. The van der Waals surface area contributed by atoms with E-state index in [4.69, 9.17) is 5.11 Å². The number of carboxylic acids is 1. The summed E-state index contributed by atoms with van der Waals surface area (Å²) in [6, 6.07) is 0. The summed E-state index contributed by atoms with van der Waals surface area (Å²) in [7, 11) is 0. The summed E-state index contributed by atoms with van der Waals surface area (Å²) < 4.78 is 4.67. The Morgan fingerprint density at radius 3 is 2.35 bits per heavy atom. The number of carboxylic acid groups (broad SMARTS) is 1. The van der Waals surface area contributed by atoms with E-state index in [2.05, 4.69) is 18.2 Å². The predicted molar refractivity (Wildman–Crippen MR) is 74.2 cm³/mol. The number of ether oxygens (including phenoxy) is 1. The van der Waals surface area contributed by atoms with Crippen LogP contribution in [-0.4, -0.2) is 33.9 Å². The standard InChI is InChI=1S/C15H24O5/c1-3-4-5-6-7-8-9-10-15(19)11(2)14(18)20-12(15)13(16)17/h12,19H,2-10H2,1H3,(H,16,17). The summed E-state index contributed by atoms with van der Waals surface area (Å²) in [6.07, 6.45) is 6.04. The zero-order chi connectivity index (χ0) is 15.2. The van der Waals surface area contributed by atoms with Gasteiger partial charge in [0.05, 0.1) is 5.57 Å². The van der Waals surface area contributed by atoms with Crippen molar-refractivity contribution in [2.45, 2.75) is 70.0 Å². The van der Waals surface area contributed by atoms with Crippen LogP contribution >= 0.6 is 0 Å². The lowest BCUT2D eigenvalue weighted by Crippen LogP contribution is -2.44. The second-order valence-corrected chi connectivity index (χ2v) is 5.40. The Bertz CT molecular complexity index is 376. The number of carbonyl (C=O) groups excluding carboxylic acids is 1. The van der Waals surface area contributed by atoms with Gasteiger partial charge >= 0.3 is 11.9 Å². The molecule has 5 nitrogen and oxygen atoms in total. The Hall–Kier alpha value is -1.36. The van der Waals surface area contributed by atoms with Gasteiger partial charge in [0.15, 0.2) is 0 Å². The van der Waals surface area contributed by atoms with Gasteiger partial charge in [-0.05, 0) is 6.42 Å². The van der Waals surface area contributed by atoms with Crippen molar-refractivity contribution in [2.75, 3.05) is 0 Å². The van der Waals surface area contributed by atoms with Crippen LogP contribution in [0.3, 0.4) is 0 Å². The quantitative estimate of drug-likeness (QED) is 0.386. The van der Waals surface area contributed by atoms with E-state index < -0.39 is 23.6 Å². The molecule has 0 saturated carbocycles. The Morgan fingerprint density at radius 2 is 1.80 bits per heavy atom. The number of carbonyl (C=O) groups is 2. The van der Waals surface area contributed by atoms with Crippen LogP contribution in [0.5, 0.6) is 0 Å². The number of esters is 1. The third-order valence-corrected chi connectivity index (χ3v) is 3.81. The van der Waals surface area contributed by atoms with Crippen molar-refractivity contribution in [3.8, 4) is 0 Å². The Labute approximate surface area is 119 Å². The first-order valence-corrected chi connectivity index (χ1v) is 7.29. The average molecular weight is 284 g/mol. The third-order valence-electron chi connectivity index (χ3n) is 3.81. The first-order chi connectivity index (χ1) is 9.43. The number of hydrogen-bond donors (Lipinski definition) is 2. The second-order valence-electron chi connectivity index (χ2n) is 5.40. The monoisotopic (exact) mass is 284 g/mol. The molecule has 2 unspecified atom stereocenters. The Balaban J connectivity index is 2.41. The molecular formula is C15H24O5. The van der Waals surface area contributed by atoms with Crippen molar-refractivity contribution in [1.82, 2.24) is 0 Å². The minimum absolute atomic E-state index is 0.143. The van der Waals surface area contributed by atoms with Gasteiger partial charge in [-0.25, -0.2) is 9.59 Å². The normalized spacial score (nSPS) is 25.8. The lowest BCUT2D eigenvalue weighted by atomic mass is 9.86. The molecule has 1 saturated heterocycles. The molecule has 114 valence electrons. The van der Waals surface area contributed by atoms with Crippen molar-refractivity contribution in [2.24, 2.45) is 0 Å². The molecule has 1 rings (SSSR count). The maximum Gasteiger partial charge on any atom is 0.348 e. The van der Waals surface area contributed by atoms with E-state index in [-0.39, 0.29) is 12.0 Å². The summed E-state index contributed by atoms with van der Waals surface area (Å²) in [5.41, 5.74) is -1.90. The molecule has 2 atom stereocenters. The molecule has 1 aliphatic heterocycles. The number of cyclic esters (lactones) is 1. The molecule has 1 aliphatic rings. The average Bonchev–Trinajstić information content (AvgIpc) is 2.63. The molecule has 0 aromatic carbocycles. The molecule has 1 heterocycles. The topological polar surface area (TPSA) is 83.8 Å². The van der Waals surface area contributed by atoms with Crippen molar-refractivity contribution >= 4 is 11.9 Å². The SMILES string of the molecule is C=C1C(=O)OC(C(=O)O)C1(O)CCCCCCCCC. The van der Waals surface area contributed by atoms with Gasteiger partial charge in [-0.15, -0.1) is 0 Å². The van der Waals surface area contributed by atoms with Crippen molar-refractivity contribution in [1.29, 1.82) is 0 Å². The van der Waals surface area contributed by atoms with Crippen LogP contribution in [0.15, 0.2) is 12.2 Å². The van der Waals surface area contributed by atoms with Crippen LogP contribution < -0.4 is 0 Å². The summed E-state index contributed by atoms with van der Waals surface area (Å²) in [5.74, 6) is -2.15. The minimum atomic E-state index is -1.76. The number of hydrogen-bond acceptors (Lipinski definition) is 4. The Kier molecular flexibility index (Phi) is 6.20. The molecule has 1 fully saturated rings. The van der Waals surface area contributed by atoms with Crippen molar-refractivity contribution in [3.63, 3.8) is 0 Å². The highest BCUT2D eigenvalue weighted by Crippen LogP contribution is 2.35. The van der Waals surface area contributed by atoms with Crippen molar-refractivity contribution in [3.05, 3.63) is 12.2 Å². The van der Waals surface area contributed by atoms with Crippen molar-refractivity contribution < 1.29 is 24.5 Å². The van der Waals surface area contributed by atoms with Gasteiger partial charge in [0.25, 0.3) is 0 Å². The maximum atomic E-state index is 11.4. The molecule has 0 amide bonds. The fourth-order valence-corrected chi connectivity index (χ4v) is 2.50. The predicted octanol–water partition coefficient (Wildman–Crippen LogP) is 2.42. The fraction of sp³-hybridized carbons (Fsp3) is 0.733. The van der Waals surface area contributed by atoms with E-state index in [0.717, 1.165) is 19.3 Å². The highest BCUT2D eigenvalue weighted by Gasteiger charge is 2.54. The number of aliphatic carboxylic acids is 1. The first-order valence-electron chi connectivity index (χ1n) is 7.29. The lowest BCUT2D eigenvalue weighted by Gasteiger charge is -2.24. The number of rotatable bonds is 9. The summed E-state index contributed by atoms with van der Waals surface area (Å²) in [5, 5.41) is 19.4. The summed E-state index contributed by atoms with van der Waals surface area (Å²) >= 11 is 0. The third kappa shape index (κ3) is 3.82. The van der Waals surface area contributed by atoms with Gasteiger partial charge < -0.3 is 14.9 Å². The maximum absolute atomic E-state index is 11.4. The van der Waals surface area contributed by atoms with Crippen LogP contribution in [0.2, 0.25) is 0 Å². The highest BCUT2D eigenvalue weighted by atomic mass is 16.6. The van der Waals surface area contributed by atoms with E-state index in [1.54, 1.807) is 0 Å². The summed E-state index contributed by atoms with van der Waals surface area (Å²) in [6.45, 7) is 5.63. The molecule has 0 aliphatic carbocycles. The smallest absolute Gasteiger partial charge is 0.348 e. The van der Waals surface area contributed by atoms with Crippen LogP contribution in [0.4, 0.5) is 0 Å². The molecule has 0 radical (unpaired) electrons. The first kappa shape index (κ1) is 16.7. The number of aliphatic hydroxyl groups is 1. The van der Waals surface area contributed by atoms with E-state index in [9.17, 15) is 14.7 Å². The Morgan fingerprint density at radius 1 is 1.25 bits per heavy atom. The molecule has 20 heavy (non-hydrogen) atoms. The van der Waals surface area contributed by atoms with Gasteiger partial charge in [-0.3, -0.25) is 0 Å². The van der Waals surface area contributed by atoms with Gasteiger partial charge in [-0.2, -0.15) is 0 Å². The van der Waals surface area contributed by atoms with Gasteiger partial charge in [0.2, 0.25) is 6.10 Å².